The van der Waals surface area contributed by atoms with Gasteiger partial charge in [-0.05, 0) is 25.0 Å². The van der Waals surface area contributed by atoms with Crippen molar-refractivity contribution in [1.82, 2.24) is 10.0 Å². The molecule has 1 fully saturated rings. The average molecular weight is 295 g/mol. The zero-order valence-electron chi connectivity index (χ0n) is 9.28. The van der Waals surface area contributed by atoms with Crippen molar-refractivity contribution in [1.29, 1.82) is 0 Å². The summed E-state index contributed by atoms with van der Waals surface area (Å²) in [5.74, 6) is 0.128. The molecule has 1 heterocycles. The number of nitrogens with one attached hydrogen (secondary N) is 2. The van der Waals surface area contributed by atoms with Crippen molar-refractivity contribution >= 4 is 33.0 Å². The molecule has 1 aliphatic rings. The van der Waals surface area contributed by atoms with Crippen LogP contribution < -0.4 is 10.0 Å². The molecule has 96 valence electrons. The fourth-order valence-corrected chi connectivity index (χ4v) is 3.41. The van der Waals surface area contributed by atoms with Crippen LogP contribution in [0.25, 0.3) is 0 Å². The molecular weight excluding hydrogens is 280 g/mol. The van der Waals surface area contributed by atoms with E-state index in [1.807, 2.05) is 6.07 Å². The maximum Gasteiger partial charge on any atom is 0.213 e. The molecule has 7 heteroatoms. The zero-order valence-corrected chi connectivity index (χ0v) is 11.7. The lowest BCUT2D eigenvalue weighted by molar-refractivity contribution is 0.576. The molecule has 0 aliphatic heterocycles. The van der Waals surface area contributed by atoms with Crippen LogP contribution in [0, 0.1) is 0 Å². The zero-order chi connectivity index (χ0) is 12.3. The quantitative estimate of drug-likeness (QED) is 0.803. The second kappa shape index (κ2) is 5.67. The van der Waals surface area contributed by atoms with Crippen molar-refractivity contribution in [3.63, 3.8) is 0 Å². The van der Waals surface area contributed by atoms with Crippen LogP contribution in [0.2, 0.25) is 4.34 Å². The second-order valence-electron chi connectivity index (χ2n) is 4.07. The van der Waals surface area contributed by atoms with Gasteiger partial charge >= 0.3 is 0 Å². The standard InChI is InChI=1S/C10H15ClN2O2S2/c11-10-4-3-9(16-10)7-13-17(14,15)6-5-12-8-1-2-8/h3-4,8,12-13H,1-2,5-7H2. The van der Waals surface area contributed by atoms with Gasteiger partial charge in [-0.2, -0.15) is 0 Å². The van der Waals surface area contributed by atoms with Gasteiger partial charge in [-0.15, -0.1) is 11.3 Å². The number of sulfonamides is 1. The molecule has 2 N–H and O–H groups in total. The summed E-state index contributed by atoms with van der Waals surface area (Å²) in [4.78, 5) is 0.925. The Morgan fingerprint density at radius 2 is 2.18 bits per heavy atom. The highest BCUT2D eigenvalue weighted by molar-refractivity contribution is 7.89. The van der Waals surface area contributed by atoms with Crippen LogP contribution in [-0.2, 0) is 16.6 Å². The van der Waals surface area contributed by atoms with Gasteiger partial charge in [0.15, 0.2) is 0 Å². The predicted octanol–water partition coefficient (Wildman–Crippen LogP) is 1.57. The third kappa shape index (κ3) is 4.93. The van der Waals surface area contributed by atoms with Crippen molar-refractivity contribution in [2.45, 2.75) is 25.4 Å². The summed E-state index contributed by atoms with van der Waals surface area (Å²) in [6, 6.07) is 4.14. The van der Waals surface area contributed by atoms with Crippen molar-refractivity contribution in [3.05, 3.63) is 21.3 Å². The van der Waals surface area contributed by atoms with Crippen LogP contribution in [-0.4, -0.2) is 26.8 Å². The minimum absolute atomic E-state index is 0.128. The van der Waals surface area contributed by atoms with E-state index in [1.165, 1.54) is 24.2 Å². The van der Waals surface area contributed by atoms with Crippen molar-refractivity contribution in [3.8, 4) is 0 Å². The van der Waals surface area contributed by atoms with E-state index in [0.29, 0.717) is 23.5 Å². The van der Waals surface area contributed by atoms with Gasteiger partial charge in [0.2, 0.25) is 10.0 Å². The molecule has 4 nitrogen and oxygen atoms in total. The van der Waals surface area contributed by atoms with Gasteiger partial charge in [-0.1, -0.05) is 11.6 Å². The molecule has 1 aromatic rings. The third-order valence-electron chi connectivity index (χ3n) is 2.48. The summed E-state index contributed by atoms with van der Waals surface area (Å²) in [5, 5.41) is 3.18. The monoisotopic (exact) mass is 294 g/mol. The van der Waals surface area contributed by atoms with E-state index in [-0.39, 0.29) is 5.75 Å². The lowest BCUT2D eigenvalue weighted by atomic mass is 10.5. The Morgan fingerprint density at radius 1 is 1.41 bits per heavy atom. The Kier molecular flexibility index (Phi) is 4.43. The van der Waals surface area contributed by atoms with Gasteiger partial charge in [0, 0.05) is 24.0 Å². The van der Waals surface area contributed by atoms with Crippen LogP contribution in [0.1, 0.15) is 17.7 Å². The Bertz CT molecular complexity index is 468. The third-order valence-corrected chi connectivity index (χ3v) is 5.03. The molecule has 1 saturated carbocycles. The summed E-state index contributed by atoms with van der Waals surface area (Å²) in [6.45, 7) is 0.842. The second-order valence-corrected chi connectivity index (χ2v) is 7.80. The number of rotatable bonds is 7. The maximum absolute atomic E-state index is 11.6. The van der Waals surface area contributed by atoms with Crippen LogP contribution in [0.3, 0.4) is 0 Å². The topological polar surface area (TPSA) is 58.2 Å². The molecule has 17 heavy (non-hydrogen) atoms. The van der Waals surface area contributed by atoms with Crippen LogP contribution in [0.15, 0.2) is 12.1 Å². The van der Waals surface area contributed by atoms with E-state index in [2.05, 4.69) is 10.0 Å². The summed E-state index contributed by atoms with van der Waals surface area (Å²) < 4.78 is 26.5. The summed E-state index contributed by atoms with van der Waals surface area (Å²) in [5.41, 5.74) is 0. The number of hydrogen-bond donors (Lipinski definition) is 2. The van der Waals surface area contributed by atoms with Crippen molar-refractivity contribution in [2.24, 2.45) is 0 Å². The Labute approximate surface area is 110 Å². The number of thiophene rings is 1. The number of hydrogen-bond acceptors (Lipinski definition) is 4. The minimum Gasteiger partial charge on any atom is -0.313 e. The van der Waals surface area contributed by atoms with Gasteiger partial charge in [-0.3, -0.25) is 0 Å². The largest absolute Gasteiger partial charge is 0.313 e. The first kappa shape index (κ1) is 13.3. The van der Waals surface area contributed by atoms with Crippen LogP contribution in [0.5, 0.6) is 0 Å². The lowest BCUT2D eigenvalue weighted by Crippen LogP contribution is -2.32. The van der Waals surface area contributed by atoms with Crippen molar-refractivity contribution in [2.75, 3.05) is 12.3 Å². The molecular formula is C10H15ClN2O2S2. The van der Waals surface area contributed by atoms with E-state index in [0.717, 1.165) is 4.88 Å². The van der Waals surface area contributed by atoms with Gasteiger partial charge < -0.3 is 5.32 Å². The molecule has 2 rings (SSSR count). The fourth-order valence-electron chi connectivity index (χ4n) is 1.38. The van der Waals surface area contributed by atoms with E-state index in [9.17, 15) is 8.42 Å². The molecule has 0 aromatic carbocycles. The van der Waals surface area contributed by atoms with Crippen LogP contribution >= 0.6 is 22.9 Å². The Hall–Kier alpha value is -0.140. The van der Waals surface area contributed by atoms with E-state index in [1.54, 1.807) is 6.07 Å². The molecule has 0 saturated heterocycles. The van der Waals surface area contributed by atoms with Gasteiger partial charge in [-0.25, -0.2) is 13.1 Å². The first-order valence-electron chi connectivity index (χ1n) is 5.50. The van der Waals surface area contributed by atoms with E-state index < -0.39 is 10.0 Å². The van der Waals surface area contributed by atoms with Crippen LogP contribution in [0.4, 0.5) is 0 Å². The Morgan fingerprint density at radius 3 is 2.76 bits per heavy atom. The molecule has 0 atom stereocenters. The van der Waals surface area contributed by atoms with E-state index in [4.69, 9.17) is 11.6 Å². The summed E-state index contributed by atoms with van der Waals surface area (Å²) in [7, 11) is -3.19. The highest BCUT2D eigenvalue weighted by atomic mass is 35.5. The molecule has 0 spiro atoms. The Balaban J connectivity index is 1.72. The lowest BCUT2D eigenvalue weighted by Gasteiger charge is -2.06. The maximum atomic E-state index is 11.6. The smallest absolute Gasteiger partial charge is 0.213 e. The molecule has 0 radical (unpaired) electrons. The van der Waals surface area contributed by atoms with Crippen molar-refractivity contribution < 1.29 is 8.42 Å². The highest BCUT2D eigenvalue weighted by Gasteiger charge is 2.21. The molecule has 0 unspecified atom stereocenters. The fraction of sp³-hybridized carbons (Fsp3) is 0.600. The van der Waals surface area contributed by atoms with Gasteiger partial charge in [0.25, 0.3) is 0 Å². The number of halogens is 1. The average Bonchev–Trinajstić information content (AvgIpc) is 2.98. The minimum atomic E-state index is -3.19. The SMILES string of the molecule is O=S(=O)(CCNC1CC1)NCc1ccc(Cl)s1. The van der Waals surface area contributed by atoms with E-state index >= 15 is 0 Å². The van der Waals surface area contributed by atoms with Gasteiger partial charge in [0.05, 0.1) is 10.1 Å². The normalized spacial score (nSPS) is 16.3. The highest BCUT2D eigenvalue weighted by Crippen LogP contribution is 2.21. The predicted molar refractivity (Wildman–Crippen MR) is 71.0 cm³/mol. The molecule has 0 bridgehead atoms. The first-order chi connectivity index (χ1) is 8.05. The van der Waals surface area contributed by atoms with Gasteiger partial charge in [0.1, 0.15) is 0 Å². The summed E-state index contributed by atoms with van der Waals surface area (Å²) >= 11 is 7.16. The molecule has 0 amide bonds. The molecule has 1 aliphatic carbocycles. The first-order valence-corrected chi connectivity index (χ1v) is 8.35. The molecule has 1 aromatic heterocycles. The summed E-state index contributed by atoms with van der Waals surface area (Å²) in [6.07, 6.45) is 2.34.